The molecule has 0 aliphatic carbocycles. The summed E-state index contributed by atoms with van der Waals surface area (Å²) in [5, 5.41) is 3.46. The first kappa shape index (κ1) is 11.5. The van der Waals surface area contributed by atoms with E-state index in [2.05, 4.69) is 10.2 Å². The Morgan fingerprint density at radius 1 is 1.40 bits per heavy atom. The van der Waals surface area contributed by atoms with Crippen LogP contribution >= 0.6 is 0 Å². The van der Waals surface area contributed by atoms with Crippen molar-refractivity contribution in [2.24, 2.45) is 0 Å². The quantitative estimate of drug-likeness (QED) is 0.707. The van der Waals surface area contributed by atoms with E-state index in [0.717, 1.165) is 57.3 Å². The molecular formula is C10H20N2O2S. The number of morpholine rings is 1. The van der Waals surface area contributed by atoms with E-state index < -0.39 is 10.8 Å². The van der Waals surface area contributed by atoms with Gasteiger partial charge in [0.2, 0.25) is 0 Å². The highest BCUT2D eigenvalue weighted by Crippen LogP contribution is 2.04. The van der Waals surface area contributed by atoms with Gasteiger partial charge in [-0.1, -0.05) is 0 Å². The molecule has 0 aromatic rings. The number of hydrogen-bond donors (Lipinski definition) is 1. The van der Waals surface area contributed by atoms with Gasteiger partial charge in [-0.2, -0.15) is 0 Å². The molecule has 1 unspecified atom stereocenters. The second-order valence-electron chi connectivity index (χ2n) is 4.20. The smallest absolute Gasteiger partial charge is 0.0620 e. The van der Waals surface area contributed by atoms with E-state index in [9.17, 15) is 4.21 Å². The van der Waals surface area contributed by atoms with Crippen LogP contribution in [0.4, 0.5) is 0 Å². The minimum absolute atomic E-state index is 0.520. The lowest BCUT2D eigenvalue weighted by Gasteiger charge is -2.29. The van der Waals surface area contributed by atoms with Crippen molar-refractivity contribution < 1.29 is 8.95 Å². The van der Waals surface area contributed by atoms with Gasteiger partial charge in [-0.25, -0.2) is 0 Å². The molecule has 88 valence electrons. The van der Waals surface area contributed by atoms with Crippen molar-refractivity contribution in [3.8, 4) is 0 Å². The first-order valence-corrected chi connectivity index (χ1v) is 7.22. The van der Waals surface area contributed by atoms with Crippen molar-refractivity contribution in [3.05, 3.63) is 0 Å². The molecule has 0 bridgehead atoms. The molecule has 0 spiro atoms. The highest BCUT2D eigenvalue weighted by Gasteiger charge is 2.18. The molecule has 4 nitrogen and oxygen atoms in total. The fraction of sp³-hybridized carbons (Fsp3) is 1.00. The zero-order valence-electron chi connectivity index (χ0n) is 9.11. The van der Waals surface area contributed by atoms with E-state index in [0.29, 0.717) is 6.04 Å². The maximum absolute atomic E-state index is 11.2. The summed E-state index contributed by atoms with van der Waals surface area (Å²) in [5.41, 5.74) is 0. The van der Waals surface area contributed by atoms with E-state index in [1.807, 2.05) is 0 Å². The largest absolute Gasteiger partial charge is 0.379 e. The lowest BCUT2D eigenvalue weighted by Crippen LogP contribution is -2.45. The zero-order chi connectivity index (χ0) is 10.5. The maximum atomic E-state index is 11.2. The molecule has 1 N–H and O–H groups in total. The Morgan fingerprint density at radius 2 is 2.20 bits per heavy atom. The summed E-state index contributed by atoms with van der Waals surface area (Å²) < 4.78 is 16.6. The van der Waals surface area contributed by atoms with Crippen LogP contribution in [0.3, 0.4) is 0 Å². The summed E-state index contributed by atoms with van der Waals surface area (Å²) in [5.74, 6) is 1.71. The molecular weight excluding hydrogens is 212 g/mol. The van der Waals surface area contributed by atoms with Gasteiger partial charge in [0, 0.05) is 48.0 Å². The highest BCUT2D eigenvalue weighted by molar-refractivity contribution is 7.85. The Bertz CT molecular complexity index is 209. The van der Waals surface area contributed by atoms with E-state index in [4.69, 9.17) is 4.74 Å². The molecule has 0 amide bonds. The normalized spacial score (nSPS) is 30.5. The van der Waals surface area contributed by atoms with Gasteiger partial charge in [-0.3, -0.25) is 4.21 Å². The predicted octanol–water partition coefficient (Wildman–Crippen LogP) is -0.571. The summed E-state index contributed by atoms with van der Waals surface area (Å²) >= 11 is 0. The number of nitrogens with zero attached hydrogens (tertiary/aromatic N) is 1. The summed E-state index contributed by atoms with van der Waals surface area (Å²) in [7, 11) is -0.551. The van der Waals surface area contributed by atoms with Gasteiger partial charge in [0.15, 0.2) is 0 Å². The molecule has 2 heterocycles. The Kier molecular flexibility index (Phi) is 4.56. The predicted molar refractivity (Wildman–Crippen MR) is 61.5 cm³/mol. The van der Waals surface area contributed by atoms with E-state index in [-0.39, 0.29) is 0 Å². The SMILES string of the molecule is O=S1CCN(CCC2COCCN2)CC1. The second-order valence-corrected chi connectivity index (χ2v) is 5.90. The van der Waals surface area contributed by atoms with Crippen molar-refractivity contribution in [1.29, 1.82) is 0 Å². The summed E-state index contributed by atoms with van der Waals surface area (Å²) in [6, 6.07) is 0.520. The standard InChI is InChI=1S/C10H20N2O2S/c13-15-7-4-12(5-8-15)3-1-10-9-14-6-2-11-10/h10-11H,1-9H2. The Balaban J connectivity index is 1.62. The van der Waals surface area contributed by atoms with Crippen LogP contribution in [0, 0.1) is 0 Å². The van der Waals surface area contributed by atoms with Crippen molar-refractivity contribution in [2.45, 2.75) is 12.5 Å². The molecule has 0 aromatic heterocycles. The van der Waals surface area contributed by atoms with Crippen LogP contribution in [0.5, 0.6) is 0 Å². The van der Waals surface area contributed by atoms with Crippen LogP contribution in [0.2, 0.25) is 0 Å². The first-order chi connectivity index (χ1) is 7.34. The molecule has 2 aliphatic heterocycles. The van der Waals surface area contributed by atoms with Gasteiger partial charge in [0.1, 0.15) is 0 Å². The Hall–Kier alpha value is 0.0300. The van der Waals surface area contributed by atoms with E-state index >= 15 is 0 Å². The summed E-state index contributed by atoms with van der Waals surface area (Å²) in [6.07, 6.45) is 1.15. The van der Waals surface area contributed by atoms with Gasteiger partial charge in [-0.15, -0.1) is 0 Å². The molecule has 1 atom stereocenters. The van der Waals surface area contributed by atoms with Crippen molar-refractivity contribution in [2.75, 3.05) is 50.9 Å². The zero-order valence-corrected chi connectivity index (χ0v) is 9.93. The van der Waals surface area contributed by atoms with Crippen molar-refractivity contribution in [1.82, 2.24) is 10.2 Å². The monoisotopic (exact) mass is 232 g/mol. The van der Waals surface area contributed by atoms with Gasteiger partial charge < -0.3 is 15.0 Å². The molecule has 2 aliphatic rings. The number of rotatable bonds is 3. The van der Waals surface area contributed by atoms with Crippen LogP contribution in [-0.2, 0) is 15.5 Å². The fourth-order valence-electron chi connectivity index (χ4n) is 2.04. The number of hydrogen-bond acceptors (Lipinski definition) is 4. The molecule has 2 rings (SSSR count). The van der Waals surface area contributed by atoms with Gasteiger partial charge in [0.25, 0.3) is 0 Å². The summed E-state index contributed by atoms with van der Waals surface area (Å²) in [6.45, 7) is 5.78. The van der Waals surface area contributed by atoms with E-state index in [1.54, 1.807) is 0 Å². The van der Waals surface area contributed by atoms with Crippen LogP contribution in [-0.4, -0.2) is 66.0 Å². The number of nitrogens with one attached hydrogen (secondary N) is 1. The number of ether oxygens (including phenoxy) is 1. The van der Waals surface area contributed by atoms with Gasteiger partial charge >= 0.3 is 0 Å². The minimum Gasteiger partial charge on any atom is -0.379 e. The third kappa shape index (κ3) is 3.83. The molecule has 2 fully saturated rings. The lowest BCUT2D eigenvalue weighted by atomic mass is 10.2. The molecule has 2 saturated heterocycles. The maximum Gasteiger partial charge on any atom is 0.0620 e. The van der Waals surface area contributed by atoms with Crippen molar-refractivity contribution >= 4 is 10.8 Å². The van der Waals surface area contributed by atoms with Crippen molar-refractivity contribution in [3.63, 3.8) is 0 Å². The average Bonchev–Trinajstić information content (AvgIpc) is 2.30. The third-order valence-corrected chi connectivity index (χ3v) is 4.34. The third-order valence-electron chi connectivity index (χ3n) is 3.06. The van der Waals surface area contributed by atoms with Crippen LogP contribution in [0.15, 0.2) is 0 Å². The first-order valence-electron chi connectivity index (χ1n) is 5.73. The van der Waals surface area contributed by atoms with Gasteiger partial charge in [-0.05, 0) is 13.0 Å². The van der Waals surface area contributed by atoms with Crippen LogP contribution in [0.1, 0.15) is 6.42 Å². The lowest BCUT2D eigenvalue weighted by molar-refractivity contribution is 0.0703. The highest BCUT2D eigenvalue weighted by atomic mass is 32.2. The molecule has 15 heavy (non-hydrogen) atoms. The van der Waals surface area contributed by atoms with E-state index in [1.165, 1.54) is 0 Å². The van der Waals surface area contributed by atoms with Crippen LogP contribution in [0.25, 0.3) is 0 Å². The molecule has 0 aromatic carbocycles. The van der Waals surface area contributed by atoms with Gasteiger partial charge in [0.05, 0.1) is 13.2 Å². The second kappa shape index (κ2) is 5.94. The van der Waals surface area contributed by atoms with Crippen LogP contribution < -0.4 is 5.32 Å². The topological polar surface area (TPSA) is 41.6 Å². The molecule has 0 saturated carbocycles. The Morgan fingerprint density at radius 3 is 2.87 bits per heavy atom. The molecule has 0 radical (unpaired) electrons. The Labute approximate surface area is 93.8 Å². The average molecular weight is 232 g/mol. The molecule has 5 heteroatoms. The fourth-order valence-corrected chi connectivity index (χ4v) is 3.17. The minimum atomic E-state index is -0.551. The summed E-state index contributed by atoms with van der Waals surface area (Å²) in [4.78, 5) is 2.41.